The molecule has 3 aromatic rings. The van der Waals surface area contributed by atoms with Crippen molar-refractivity contribution in [1.82, 2.24) is 15.0 Å². The van der Waals surface area contributed by atoms with Gasteiger partial charge in [0.2, 0.25) is 0 Å². The Labute approximate surface area is 116 Å². The van der Waals surface area contributed by atoms with Crippen molar-refractivity contribution < 1.29 is 4.42 Å². The lowest BCUT2D eigenvalue weighted by molar-refractivity contribution is 0.533. The number of nitrogens with zero attached hydrogens (tertiary/aromatic N) is 3. The van der Waals surface area contributed by atoms with Crippen LogP contribution in [-0.2, 0) is 6.54 Å². The van der Waals surface area contributed by atoms with Crippen LogP contribution >= 0.6 is 0 Å². The zero-order valence-electron chi connectivity index (χ0n) is 10.9. The molecule has 0 unspecified atom stereocenters. The van der Waals surface area contributed by atoms with Gasteiger partial charge in [0.05, 0.1) is 12.2 Å². The highest BCUT2D eigenvalue weighted by Crippen LogP contribution is 2.40. The number of anilines is 1. The zero-order chi connectivity index (χ0) is 13.4. The number of hydrogen-bond acceptors (Lipinski definition) is 5. The third-order valence-electron chi connectivity index (χ3n) is 3.45. The summed E-state index contributed by atoms with van der Waals surface area (Å²) in [5.74, 6) is 1.42. The number of aromatic nitrogens is 3. The Morgan fingerprint density at radius 3 is 3.00 bits per heavy atom. The maximum absolute atomic E-state index is 5.75. The lowest BCUT2D eigenvalue weighted by atomic mass is 10.3. The van der Waals surface area contributed by atoms with Crippen LogP contribution in [0, 0.1) is 0 Å². The topological polar surface area (TPSA) is 63.8 Å². The Balaban J connectivity index is 1.54. The molecule has 1 aromatic carbocycles. The van der Waals surface area contributed by atoms with E-state index in [1.807, 2.05) is 24.3 Å². The van der Waals surface area contributed by atoms with E-state index in [1.54, 1.807) is 12.5 Å². The van der Waals surface area contributed by atoms with E-state index < -0.39 is 0 Å². The minimum atomic E-state index is 0.542. The minimum absolute atomic E-state index is 0.542. The van der Waals surface area contributed by atoms with Gasteiger partial charge in [0, 0.05) is 17.8 Å². The van der Waals surface area contributed by atoms with Crippen molar-refractivity contribution in [3.05, 3.63) is 48.4 Å². The molecular formula is C15H14N4O. The fourth-order valence-corrected chi connectivity index (χ4v) is 2.18. The van der Waals surface area contributed by atoms with Crippen LogP contribution in [0.5, 0.6) is 0 Å². The summed E-state index contributed by atoms with van der Waals surface area (Å²) < 4.78 is 5.75. The molecule has 0 aliphatic heterocycles. The van der Waals surface area contributed by atoms with Crippen LogP contribution in [0.25, 0.3) is 11.1 Å². The largest absolute Gasteiger partial charge is 0.440 e. The van der Waals surface area contributed by atoms with E-state index in [1.165, 1.54) is 12.8 Å². The van der Waals surface area contributed by atoms with Gasteiger partial charge in [0.1, 0.15) is 11.8 Å². The average Bonchev–Trinajstić information content (AvgIpc) is 3.26. The summed E-state index contributed by atoms with van der Waals surface area (Å²) in [6, 6.07) is 7.89. The molecule has 0 amide bonds. The SMILES string of the molecule is c1cc(CNc2ccc3oc(C4CC4)nc3c2)ncn1. The summed E-state index contributed by atoms with van der Waals surface area (Å²) in [4.78, 5) is 12.6. The summed E-state index contributed by atoms with van der Waals surface area (Å²) in [6.45, 7) is 0.668. The fourth-order valence-electron chi connectivity index (χ4n) is 2.18. The van der Waals surface area contributed by atoms with Crippen LogP contribution in [0.2, 0.25) is 0 Å². The molecule has 4 rings (SSSR count). The van der Waals surface area contributed by atoms with E-state index in [2.05, 4.69) is 20.3 Å². The van der Waals surface area contributed by atoms with Crippen LogP contribution < -0.4 is 5.32 Å². The van der Waals surface area contributed by atoms with Crippen molar-refractivity contribution in [1.29, 1.82) is 0 Å². The van der Waals surface area contributed by atoms with E-state index in [-0.39, 0.29) is 0 Å². The van der Waals surface area contributed by atoms with Gasteiger partial charge in [0.15, 0.2) is 11.5 Å². The highest BCUT2D eigenvalue weighted by Gasteiger charge is 2.28. The minimum Gasteiger partial charge on any atom is -0.440 e. The van der Waals surface area contributed by atoms with Gasteiger partial charge in [-0.05, 0) is 37.1 Å². The molecular weight excluding hydrogens is 252 g/mol. The Morgan fingerprint density at radius 2 is 2.20 bits per heavy atom. The summed E-state index contributed by atoms with van der Waals surface area (Å²) >= 11 is 0. The number of hydrogen-bond donors (Lipinski definition) is 1. The molecule has 1 saturated carbocycles. The van der Waals surface area contributed by atoms with Crippen molar-refractivity contribution in [2.24, 2.45) is 0 Å². The third kappa shape index (κ3) is 2.22. The van der Waals surface area contributed by atoms with Crippen LogP contribution in [0.1, 0.15) is 30.3 Å². The molecule has 0 spiro atoms. The highest BCUT2D eigenvalue weighted by molar-refractivity contribution is 5.77. The van der Waals surface area contributed by atoms with Crippen molar-refractivity contribution in [3.63, 3.8) is 0 Å². The molecule has 1 N–H and O–H groups in total. The Hall–Kier alpha value is -2.43. The number of oxazole rings is 1. The van der Waals surface area contributed by atoms with Crippen molar-refractivity contribution in [3.8, 4) is 0 Å². The predicted molar refractivity (Wildman–Crippen MR) is 75.3 cm³/mol. The molecule has 0 saturated heterocycles. The molecule has 20 heavy (non-hydrogen) atoms. The summed E-state index contributed by atoms with van der Waals surface area (Å²) in [5.41, 5.74) is 3.75. The van der Waals surface area contributed by atoms with E-state index in [9.17, 15) is 0 Å². The smallest absolute Gasteiger partial charge is 0.198 e. The van der Waals surface area contributed by atoms with E-state index in [4.69, 9.17) is 4.42 Å². The quantitative estimate of drug-likeness (QED) is 0.786. The fraction of sp³-hybridized carbons (Fsp3) is 0.267. The lowest BCUT2D eigenvalue weighted by Crippen LogP contribution is -2.01. The molecule has 0 bridgehead atoms. The maximum atomic E-state index is 5.75. The summed E-state index contributed by atoms with van der Waals surface area (Å²) in [6.07, 6.45) is 5.70. The Kier molecular flexibility index (Phi) is 2.62. The predicted octanol–water partition coefficient (Wildman–Crippen LogP) is 3.11. The first-order valence-corrected chi connectivity index (χ1v) is 6.78. The number of fused-ring (bicyclic) bond motifs is 1. The van der Waals surface area contributed by atoms with Gasteiger partial charge in [-0.15, -0.1) is 0 Å². The van der Waals surface area contributed by atoms with E-state index in [0.717, 1.165) is 28.4 Å². The number of benzene rings is 1. The molecule has 0 atom stereocenters. The van der Waals surface area contributed by atoms with Gasteiger partial charge in [-0.1, -0.05) is 0 Å². The van der Waals surface area contributed by atoms with Crippen LogP contribution in [-0.4, -0.2) is 15.0 Å². The van der Waals surface area contributed by atoms with Crippen molar-refractivity contribution >= 4 is 16.8 Å². The zero-order valence-corrected chi connectivity index (χ0v) is 10.9. The van der Waals surface area contributed by atoms with Gasteiger partial charge in [-0.3, -0.25) is 0 Å². The molecule has 1 fully saturated rings. The number of rotatable bonds is 4. The van der Waals surface area contributed by atoms with Crippen molar-refractivity contribution in [2.75, 3.05) is 5.32 Å². The van der Waals surface area contributed by atoms with Gasteiger partial charge >= 0.3 is 0 Å². The first kappa shape index (κ1) is 11.4. The maximum Gasteiger partial charge on any atom is 0.198 e. The normalized spacial score (nSPS) is 14.6. The molecule has 1 aliphatic rings. The lowest BCUT2D eigenvalue weighted by Gasteiger charge is -2.04. The molecule has 5 heteroatoms. The van der Waals surface area contributed by atoms with Crippen LogP contribution in [0.3, 0.4) is 0 Å². The monoisotopic (exact) mass is 266 g/mol. The summed E-state index contributed by atoms with van der Waals surface area (Å²) in [5, 5.41) is 3.34. The molecule has 100 valence electrons. The van der Waals surface area contributed by atoms with E-state index >= 15 is 0 Å². The number of nitrogens with one attached hydrogen (secondary N) is 1. The van der Waals surface area contributed by atoms with Crippen molar-refractivity contribution in [2.45, 2.75) is 25.3 Å². The second-order valence-electron chi connectivity index (χ2n) is 5.06. The molecule has 5 nitrogen and oxygen atoms in total. The van der Waals surface area contributed by atoms with Gasteiger partial charge < -0.3 is 9.73 Å². The summed E-state index contributed by atoms with van der Waals surface area (Å²) in [7, 11) is 0. The highest BCUT2D eigenvalue weighted by atomic mass is 16.3. The third-order valence-corrected chi connectivity index (χ3v) is 3.45. The first-order valence-electron chi connectivity index (χ1n) is 6.78. The second-order valence-corrected chi connectivity index (χ2v) is 5.06. The molecule has 2 aromatic heterocycles. The molecule has 2 heterocycles. The van der Waals surface area contributed by atoms with Gasteiger partial charge in [-0.2, -0.15) is 0 Å². The standard InChI is InChI=1S/C15H14N4O/c1-2-10(1)15-19-13-7-11(3-4-14(13)20-15)17-8-12-5-6-16-9-18-12/h3-7,9-10,17H,1-2,8H2. The van der Waals surface area contributed by atoms with Gasteiger partial charge in [-0.25, -0.2) is 15.0 Å². The first-order chi connectivity index (χ1) is 9.88. The van der Waals surface area contributed by atoms with Crippen LogP contribution in [0.4, 0.5) is 5.69 Å². The average molecular weight is 266 g/mol. The molecule has 0 radical (unpaired) electrons. The Morgan fingerprint density at radius 1 is 1.25 bits per heavy atom. The van der Waals surface area contributed by atoms with Gasteiger partial charge in [0.25, 0.3) is 0 Å². The molecule has 1 aliphatic carbocycles. The Bertz CT molecular complexity index is 734. The van der Waals surface area contributed by atoms with E-state index in [0.29, 0.717) is 12.5 Å². The van der Waals surface area contributed by atoms with Crippen LogP contribution in [0.15, 0.2) is 41.2 Å². The second kappa shape index (κ2) is 4.59.